The summed E-state index contributed by atoms with van der Waals surface area (Å²) in [7, 11) is 1.07. The third-order valence-corrected chi connectivity index (χ3v) is 2.24. The minimum absolute atomic E-state index is 0.174. The first-order valence-corrected chi connectivity index (χ1v) is 4.56. The minimum atomic E-state index is -6.19. The molecule has 1 radical (unpaired) electrons. The number of carbonyl (C=O) groups excluding carboxylic acids is 1. The van der Waals surface area contributed by atoms with E-state index in [1.165, 1.54) is 0 Å². The molecule has 5 nitrogen and oxygen atoms in total. The first-order chi connectivity index (χ1) is 8.54. The van der Waals surface area contributed by atoms with Crippen LogP contribution >= 0.6 is 0 Å². The Balaban J connectivity index is 3.14. The quantitative estimate of drug-likeness (QED) is 0.472. The number of rotatable bonds is 2. The molecule has 19 heavy (non-hydrogen) atoms. The van der Waals surface area contributed by atoms with Crippen molar-refractivity contribution in [1.82, 2.24) is 9.63 Å². The molecule has 0 aliphatic carbocycles. The molecule has 1 aromatic rings. The molecule has 0 atom stereocenters. The number of hydrogen-bond donors (Lipinski definition) is 0. The molecule has 0 aliphatic heterocycles. The summed E-state index contributed by atoms with van der Waals surface area (Å²) in [4.78, 5) is 11.3. The van der Waals surface area contributed by atoms with Crippen molar-refractivity contribution in [3.05, 3.63) is 23.5 Å². The molecule has 103 valence electrons. The Morgan fingerprint density at radius 2 is 1.84 bits per heavy atom. The van der Waals surface area contributed by atoms with Crippen LogP contribution in [0.3, 0.4) is 0 Å². The third-order valence-electron chi connectivity index (χ3n) is 2.24. The van der Waals surface area contributed by atoms with E-state index in [4.69, 9.17) is 5.26 Å². The lowest BCUT2D eigenvalue weighted by atomic mass is 10.3. The second kappa shape index (κ2) is 4.51. The lowest BCUT2D eigenvalue weighted by molar-refractivity contribution is -0.397. The molecule has 0 unspecified atom stereocenters. The molecule has 0 spiro atoms. The van der Waals surface area contributed by atoms with Crippen LogP contribution in [-0.4, -0.2) is 27.8 Å². The van der Waals surface area contributed by atoms with Crippen LogP contribution in [0.25, 0.3) is 0 Å². The standard InChI is InChI=1S/C9H5F5N3O2/c1-16-5(4-15)2-3-6(16)7(18)17(19)9(13,14)8(10,11)12/h2-3H,1H3. The summed E-state index contributed by atoms with van der Waals surface area (Å²) in [6, 6.07) is -2.48. The van der Waals surface area contributed by atoms with Gasteiger partial charge in [0.25, 0.3) is 0 Å². The van der Waals surface area contributed by atoms with Crippen molar-refractivity contribution in [2.45, 2.75) is 12.2 Å². The van der Waals surface area contributed by atoms with Gasteiger partial charge in [-0.2, -0.15) is 27.2 Å². The first-order valence-electron chi connectivity index (χ1n) is 4.56. The van der Waals surface area contributed by atoms with Crippen molar-refractivity contribution in [2.24, 2.45) is 7.05 Å². The molecule has 0 fully saturated rings. The molecular formula is C9H5F5N3O2. The van der Waals surface area contributed by atoms with E-state index in [0.717, 1.165) is 23.7 Å². The Labute approximate surface area is 103 Å². The maximum Gasteiger partial charge on any atom is 0.478 e. The fourth-order valence-electron chi connectivity index (χ4n) is 1.18. The molecule has 0 saturated heterocycles. The SMILES string of the molecule is Cn1c(C#N)ccc1C(=O)N([O])C(F)(F)C(F)(F)F. The van der Waals surface area contributed by atoms with Gasteiger partial charge in [0.1, 0.15) is 17.5 Å². The predicted molar refractivity (Wildman–Crippen MR) is 48.0 cm³/mol. The van der Waals surface area contributed by atoms with Crippen LogP contribution in [0.1, 0.15) is 16.2 Å². The number of carbonyl (C=O) groups is 1. The predicted octanol–water partition coefficient (Wildman–Crippen LogP) is 1.84. The molecule has 0 aliphatic rings. The van der Waals surface area contributed by atoms with Gasteiger partial charge >= 0.3 is 18.1 Å². The van der Waals surface area contributed by atoms with E-state index in [0.29, 0.717) is 0 Å². The van der Waals surface area contributed by atoms with Crippen LogP contribution < -0.4 is 0 Å². The first kappa shape index (κ1) is 14.9. The van der Waals surface area contributed by atoms with Crippen LogP contribution in [0.4, 0.5) is 22.0 Å². The van der Waals surface area contributed by atoms with Gasteiger partial charge in [-0.25, -0.2) is 0 Å². The molecule has 1 rings (SSSR count). The highest BCUT2D eigenvalue weighted by Crippen LogP contribution is 2.38. The molecule has 0 saturated carbocycles. The van der Waals surface area contributed by atoms with Crippen molar-refractivity contribution in [2.75, 3.05) is 0 Å². The van der Waals surface area contributed by atoms with E-state index in [1.807, 2.05) is 0 Å². The Bertz CT molecular complexity index is 543. The molecule has 1 amide bonds. The van der Waals surface area contributed by atoms with Gasteiger partial charge in [0, 0.05) is 7.05 Å². The molecule has 0 N–H and O–H groups in total. The van der Waals surface area contributed by atoms with Crippen molar-refractivity contribution < 1.29 is 32.0 Å². The van der Waals surface area contributed by atoms with E-state index in [2.05, 4.69) is 0 Å². The average molecular weight is 282 g/mol. The van der Waals surface area contributed by atoms with Crippen molar-refractivity contribution in [3.8, 4) is 6.07 Å². The summed E-state index contributed by atoms with van der Waals surface area (Å²) in [5.41, 5.74) is -0.928. The van der Waals surface area contributed by atoms with Crippen molar-refractivity contribution in [3.63, 3.8) is 0 Å². The highest BCUT2D eigenvalue weighted by atomic mass is 19.4. The van der Waals surface area contributed by atoms with Crippen LogP contribution in [-0.2, 0) is 12.3 Å². The number of amides is 1. The van der Waals surface area contributed by atoms with E-state index in [1.54, 1.807) is 6.07 Å². The van der Waals surface area contributed by atoms with Gasteiger partial charge in [-0.15, -0.1) is 5.06 Å². The van der Waals surface area contributed by atoms with Gasteiger partial charge in [0.2, 0.25) is 0 Å². The zero-order valence-electron chi connectivity index (χ0n) is 9.20. The summed E-state index contributed by atoms with van der Waals surface area (Å²) >= 11 is 0. The zero-order valence-corrected chi connectivity index (χ0v) is 9.20. The summed E-state index contributed by atoms with van der Waals surface area (Å²) in [5, 5.41) is 17.4. The van der Waals surface area contributed by atoms with Crippen LogP contribution in [0, 0.1) is 11.3 Å². The molecule has 0 aromatic carbocycles. The summed E-state index contributed by atoms with van der Waals surface area (Å²) in [5.74, 6) is -2.09. The number of alkyl halides is 5. The van der Waals surface area contributed by atoms with Gasteiger partial charge in [-0.3, -0.25) is 4.79 Å². The van der Waals surface area contributed by atoms with Gasteiger partial charge in [0.05, 0.1) is 0 Å². The maximum absolute atomic E-state index is 12.7. The zero-order chi connectivity index (χ0) is 15.0. The number of hydroxylamine groups is 2. The lowest BCUT2D eigenvalue weighted by Crippen LogP contribution is -2.52. The monoisotopic (exact) mass is 282 g/mol. The Hall–Kier alpha value is -2.15. The van der Waals surface area contributed by atoms with Crippen LogP contribution in [0.5, 0.6) is 0 Å². The van der Waals surface area contributed by atoms with Crippen molar-refractivity contribution in [1.29, 1.82) is 5.26 Å². The van der Waals surface area contributed by atoms with E-state index in [9.17, 15) is 32.0 Å². The van der Waals surface area contributed by atoms with Crippen molar-refractivity contribution >= 4 is 5.91 Å². The second-order valence-electron chi connectivity index (χ2n) is 3.41. The Morgan fingerprint density at radius 3 is 2.21 bits per heavy atom. The molecule has 1 heterocycles. The van der Waals surface area contributed by atoms with Crippen LogP contribution in [0.15, 0.2) is 12.1 Å². The third kappa shape index (κ3) is 2.37. The highest BCUT2D eigenvalue weighted by Gasteiger charge is 2.65. The maximum atomic E-state index is 12.7. The highest BCUT2D eigenvalue weighted by molar-refractivity contribution is 5.92. The topological polar surface area (TPSA) is 68.9 Å². The number of aromatic nitrogens is 1. The molecule has 0 bridgehead atoms. The van der Waals surface area contributed by atoms with Gasteiger partial charge in [-0.05, 0) is 12.1 Å². The normalized spacial score (nSPS) is 12.1. The molecular weight excluding hydrogens is 277 g/mol. The number of nitriles is 1. The Morgan fingerprint density at radius 1 is 1.32 bits per heavy atom. The number of nitrogens with zero attached hydrogens (tertiary/aromatic N) is 3. The van der Waals surface area contributed by atoms with Crippen LogP contribution in [0.2, 0.25) is 0 Å². The van der Waals surface area contributed by atoms with E-state index in [-0.39, 0.29) is 5.69 Å². The van der Waals surface area contributed by atoms with E-state index >= 15 is 0 Å². The number of halogens is 5. The van der Waals surface area contributed by atoms with Gasteiger partial charge < -0.3 is 4.57 Å². The largest absolute Gasteiger partial charge is 0.478 e. The van der Waals surface area contributed by atoms with Gasteiger partial charge in [0.15, 0.2) is 0 Å². The minimum Gasteiger partial charge on any atom is -0.331 e. The smallest absolute Gasteiger partial charge is 0.331 e. The Kier molecular flexibility index (Phi) is 3.54. The summed E-state index contributed by atoms with van der Waals surface area (Å²) < 4.78 is 61.9. The lowest BCUT2D eigenvalue weighted by Gasteiger charge is -2.24. The number of hydrogen-bond acceptors (Lipinski definition) is 2. The second-order valence-corrected chi connectivity index (χ2v) is 3.41. The van der Waals surface area contributed by atoms with E-state index < -0.39 is 28.9 Å². The molecule has 1 aromatic heterocycles. The van der Waals surface area contributed by atoms with Gasteiger partial charge in [-0.1, -0.05) is 5.21 Å². The molecule has 10 heteroatoms. The summed E-state index contributed by atoms with van der Waals surface area (Å²) in [6.45, 7) is 0. The average Bonchev–Trinajstić information content (AvgIpc) is 2.66. The fraction of sp³-hybridized carbons (Fsp3) is 0.333. The fourth-order valence-corrected chi connectivity index (χ4v) is 1.18. The summed E-state index contributed by atoms with van der Waals surface area (Å²) in [6.07, 6.45) is -6.19.